The summed E-state index contributed by atoms with van der Waals surface area (Å²) >= 11 is 0. The molecule has 0 bridgehead atoms. The summed E-state index contributed by atoms with van der Waals surface area (Å²) in [6.45, 7) is 0.853. The van der Waals surface area contributed by atoms with Crippen LogP contribution >= 0.6 is 0 Å². The molecule has 16 heavy (non-hydrogen) atoms. The fourth-order valence-electron chi connectivity index (χ4n) is 1.67. The number of furan rings is 1. The highest BCUT2D eigenvalue weighted by atomic mass is 16.3. The minimum Gasteiger partial charge on any atom is -0.453 e. The largest absolute Gasteiger partial charge is 0.453 e. The van der Waals surface area contributed by atoms with Gasteiger partial charge in [-0.1, -0.05) is 18.2 Å². The third-order valence-corrected chi connectivity index (χ3v) is 2.53. The summed E-state index contributed by atoms with van der Waals surface area (Å²) < 4.78 is 5.49. The van der Waals surface area contributed by atoms with Crippen molar-refractivity contribution in [3.05, 3.63) is 36.1 Å². The van der Waals surface area contributed by atoms with E-state index in [0.29, 0.717) is 12.2 Å². The minimum absolute atomic E-state index is 0.0754. The highest BCUT2D eigenvalue weighted by Crippen LogP contribution is 2.19. The van der Waals surface area contributed by atoms with Gasteiger partial charge >= 0.3 is 0 Å². The fraction of sp³-hybridized carbons (Fsp3) is 0.308. The number of hydrogen-bond acceptors (Lipinski definition) is 3. The number of carbonyl (C=O) groups excluding carboxylic acids is 1. The number of Topliss-reactive ketones (excluding diaryl/α,β-unsaturated/α-hetero) is 1. The number of rotatable bonds is 5. The van der Waals surface area contributed by atoms with E-state index >= 15 is 0 Å². The molecule has 0 amide bonds. The lowest BCUT2D eigenvalue weighted by Gasteiger charge is -1.96. The quantitative estimate of drug-likeness (QED) is 0.618. The van der Waals surface area contributed by atoms with Gasteiger partial charge in [0.25, 0.3) is 0 Å². The van der Waals surface area contributed by atoms with Crippen LogP contribution in [-0.4, -0.2) is 19.4 Å². The zero-order valence-corrected chi connectivity index (χ0v) is 9.32. The molecule has 1 aromatic heterocycles. The number of ketones is 1. The van der Waals surface area contributed by atoms with Gasteiger partial charge in [0.05, 0.1) is 0 Å². The smallest absolute Gasteiger partial charge is 0.198 e. The number of carbonyl (C=O) groups is 1. The lowest BCUT2D eigenvalue weighted by Crippen LogP contribution is -2.09. The number of para-hydroxylation sites is 1. The first kappa shape index (κ1) is 10.9. The molecular weight excluding hydrogens is 202 g/mol. The van der Waals surface area contributed by atoms with Crippen LogP contribution in [0.15, 0.2) is 34.7 Å². The molecule has 0 unspecified atom stereocenters. The average molecular weight is 217 g/mol. The van der Waals surface area contributed by atoms with E-state index in [1.165, 1.54) is 0 Å². The fourth-order valence-corrected chi connectivity index (χ4v) is 1.67. The first-order valence-corrected chi connectivity index (χ1v) is 5.47. The van der Waals surface area contributed by atoms with E-state index in [2.05, 4.69) is 5.32 Å². The van der Waals surface area contributed by atoms with Crippen molar-refractivity contribution >= 4 is 16.8 Å². The first-order chi connectivity index (χ1) is 7.81. The number of fused-ring (bicyclic) bond motifs is 1. The van der Waals surface area contributed by atoms with Gasteiger partial charge in [0, 0.05) is 11.8 Å². The van der Waals surface area contributed by atoms with Crippen LogP contribution in [0.5, 0.6) is 0 Å². The maximum Gasteiger partial charge on any atom is 0.198 e. The van der Waals surface area contributed by atoms with Gasteiger partial charge in [-0.2, -0.15) is 0 Å². The summed E-state index contributed by atoms with van der Waals surface area (Å²) in [5, 5.41) is 4.00. The van der Waals surface area contributed by atoms with Crippen molar-refractivity contribution in [2.45, 2.75) is 12.8 Å². The maximum absolute atomic E-state index is 11.8. The Kier molecular flexibility index (Phi) is 3.37. The molecule has 2 aromatic rings. The summed E-state index contributed by atoms with van der Waals surface area (Å²) in [7, 11) is 1.88. The molecule has 0 aliphatic heterocycles. The molecule has 0 aliphatic rings. The van der Waals surface area contributed by atoms with Crippen LogP contribution in [0.25, 0.3) is 11.0 Å². The zero-order chi connectivity index (χ0) is 11.4. The van der Waals surface area contributed by atoms with Crippen molar-refractivity contribution in [2.75, 3.05) is 13.6 Å². The van der Waals surface area contributed by atoms with E-state index < -0.39 is 0 Å². The zero-order valence-electron chi connectivity index (χ0n) is 9.32. The Labute approximate surface area is 94.4 Å². The topological polar surface area (TPSA) is 42.2 Å². The van der Waals surface area contributed by atoms with Crippen LogP contribution in [0.3, 0.4) is 0 Å². The molecule has 84 valence electrons. The first-order valence-electron chi connectivity index (χ1n) is 5.47. The van der Waals surface area contributed by atoms with Crippen molar-refractivity contribution in [2.24, 2.45) is 0 Å². The Balaban J connectivity index is 2.11. The lowest BCUT2D eigenvalue weighted by molar-refractivity contribution is 0.0955. The van der Waals surface area contributed by atoms with Crippen LogP contribution in [0, 0.1) is 0 Å². The molecule has 0 saturated carbocycles. The van der Waals surface area contributed by atoms with E-state index in [4.69, 9.17) is 4.42 Å². The van der Waals surface area contributed by atoms with E-state index in [1.54, 1.807) is 0 Å². The van der Waals surface area contributed by atoms with Gasteiger partial charge in [0.2, 0.25) is 0 Å². The van der Waals surface area contributed by atoms with Crippen LogP contribution in [0.1, 0.15) is 23.4 Å². The third-order valence-electron chi connectivity index (χ3n) is 2.53. The van der Waals surface area contributed by atoms with E-state index in [0.717, 1.165) is 23.9 Å². The predicted octanol–water partition coefficient (Wildman–Crippen LogP) is 2.62. The summed E-state index contributed by atoms with van der Waals surface area (Å²) in [4.78, 5) is 11.8. The molecule has 0 atom stereocenters. The van der Waals surface area contributed by atoms with Crippen LogP contribution < -0.4 is 5.32 Å². The van der Waals surface area contributed by atoms with Gasteiger partial charge in [-0.25, -0.2) is 0 Å². The molecule has 1 heterocycles. The van der Waals surface area contributed by atoms with Gasteiger partial charge in [0.15, 0.2) is 11.5 Å². The summed E-state index contributed by atoms with van der Waals surface area (Å²) in [5.41, 5.74) is 0.777. The van der Waals surface area contributed by atoms with Crippen LogP contribution in [0.4, 0.5) is 0 Å². The highest BCUT2D eigenvalue weighted by molar-refractivity contribution is 5.97. The summed E-state index contributed by atoms with van der Waals surface area (Å²) in [6, 6.07) is 9.48. The Hall–Kier alpha value is -1.61. The van der Waals surface area contributed by atoms with E-state index in [-0.39, 0.29) is 5.78 Å². The second-order valence-corrected chi connectivity index (χ2v) is 3.78. The molecule has 1 N–H and O–H groups in total. The molecular formula is C13H15NO2. The SMILES string of the molecule is CNCCCC(=O)c1cc2ccccc2o1. The second kappa shape index (κ2) is 4.94. The summed E-state index contributed by atoms with van der Waals surface area (Å²) in [5.74, 6) is 0.545. The Morgan fingerprint density at radius 1 is 1.38 bits per heavy atom. The number of nitrogens with one attached hydrogen (secondary N) is 1. The molecule has 0 aliphatic carbocycles. The molecule has 0 fully saturated rings. The van der Waals surface area contributed by atoms with Crippen LogP contribution in [-0.2, 0) is 0 Å². The van der Waals surface area contributed by atoms with Crippen molar-refractivity contribution in [3.63, 3.8) is 0 Å². The molecule has 0 saturated heterocycles. The molecule has 0 spiro atoms. The number of hydrogen-bond donors (Lipinski definition) is 1. The molecule has 1 aromatic carbocycles. The van der Waals surface area contributed by atoms with Crippen molar-refractivity contribution in [3.8, 4) is 0 Å². The van der Waals surface area contributed by atoms with Gasteiger partial charge in [-0.3, -0.25) is 4.79 Å². The maximum atomic E-state index is 11.8. The van der Waals surface area contributed by atoms with E-state index in [1.807, 2.05) is 37.4 Å². The highest BCUT2D eigenvalue weighted by Gasteiger charge is 2.11. The van der Waals surface area contributed by atoms with E-state index in [9.17, 15) is 4.79 Å². The van der Waals surface area contributed by atoms with Crippen molar-refractivity contribution in [1.82, 2.24) is 5.32 Å². The minimum atomic E-state index is 0.0754. The monoisotopic (exact) mass is 217 g/mol. The molecule has 2 rings (SSSR count). The molecule has 3 nitrogen and oxygen atoms in total. The summed E-state index contributed by atoms with van der Waals surface area (Å²) in [6.07, 6.45) is 1.37. The van der Waals surface area contributed by atoms with Crippen molar-refractivity contribution in [1.29, 1.82) is 0 Å². The van der Waals surface area contributed by atoms with Crippen molar-refractivity contribution < 1.29 is 9.21 Å². The standard InChI is InChI=1S/C13H15NO2/c1-14-8-4-6-11(15)13-9-10-5-2-3-7-12(10)16-13/h2-3,5,7,9,14H,4,6,8H2,1H3. The van der Waals surface area contributed by atoms with Gasteiger partial charge in [0.1, 0.15) is 5.58 Å². The number of benzene rings is 1. The third kappa shape index (κ3) is 2.31. The Morgan fingerprint density at radius 3 is 2.94 bits per heavy atom. The average Bonchev–Trinajstić information content (AvgIpc) is 2.73. The van der Waals surface area contributed by atoms with Gasteiger partial charge in [-0.15, -0.1) is 0 Å². The molecule has 3 heteroatoms. The Bertz CT molecular complexity index is 454. The van der Waals surface area contributed by atoms with Gasteiger partial charge < -0.3 is 9.73 Å². The molecule has 0 radical (unpaired) electrons. The predicted molar refractivity (Wildman–Crippen MR) is 63.7 cm³/mol. The lowest BCUT2D eigenvalue weighted by atomic mass is 10.1. The van der Waals surface area contributed by atoms with Gasteiger partial charge in [-0.05, 0) is 32.1 Å². The normalized spacial score (nSPS) is 10.8. The van der Waals surface area contributed by atoms with Crippen LogP contribution in [0.2, 0.25) is 0 Å². The second-order valence-electron chi connectivity index (χ2n) is 3.78. The Morgan fingerprint density at radius 2 is 2.19 bits per heavy atom.